The van der Waals surface area contributed by atoms with Gasteiger partial charge in [-0.05, 0) is 31.6 Å². The van der Waals surface area contributed by atoms with Gasteiger partial charge < -0.3 is 0 Å². The third-order valence-corrected chi connectivity index (χ3v) is 2.50. The lowest BCUT2D eigenvalue weighted by Gasteiger charge is -2.18. The number of nitrogens with zero attached hydrogens (tertiary/aromatic N) is 1. The fraction of sp³-hybridized carbons (Fsp3) is 0.364. The van der Waals surface area contributed by atoms with E-state index in [9.17, 15) is 4.39 Å². The van der Waals surface area contributed by atoms with Gasteiger partial charge in [0.1, 0.15) is 10.8 Å². The van der Waals surface area contributed by atoms with E-state index in [4.69, 9.17) is 23.2 Å². The fourth-order valence-electron chi connectivity index (χ4n) is 1.25. The van der Waals surface area contributed by atoms with Crippen molar-refractivity contribution in [3.8, 4) is 0 Å². The van der Waals surface area contributed by atoms with Gasteiger partial charge in [0.2, 0.25) is 0 Å². The van der Waals surface area contributed by atoms with Crippen molar-refractivity contribution in [2.75, 3.05) is 5.88 Å². The molecule has 1 nitrogen and oxygen atoms in total. The number of aromatic nitrogens is 1. The summed E-state index contributed by atoms with van der Waals surface area (Å²) in [6.07, 6.45) is 0. The Morgan fingerprint density at radius 2 is 2.13 bits per heavy atom. The van der Waals surface area contributed by atoms with Gasteiger partial charge >= 0.3 is 0 Å². The Morgan fingerprint density at radius 3 is 2.60 bits per heavy atom. The van der Waals surface area contributed by atoms with E-state index in [1.54, 1.807) is 12.1 Å². The molecule has 1 aromatic rings. The standard InChI is InChI=1S/C11H12Cl2FN/c1-7(6-12)8-4-5-9(13)15-10(8)11(2,3)14/h4-5H,1,6H2,2-3H3. The van der Waals surface area contributed by atoms with E-state index >= 15 is 0 Å². The Bertz CT molecular complexity index is 383. The summed E-state index contributed by atoms with van der Waals surface area (Å²) in [6.45, 7) is 6.62. The van der Waals surface area contributed by atoms with Crippen molar-refractivity contribution >= 4 is 28.8 Å². The summed E-state index contributed by atoms with van der Waals surface area (Å²) < 4.78 is 13.9. The van der Waals surface area contributed by atoms with Crippen LogP contribution in [0, 0.1) is 0 Å². The van der Waals surface area contributed by atoms with E-state index in [-0.39, 0.29) is 16.7 Å². The van der Waals surface area contributed by atoms with Gasteiger partial charge in [-0.15, -0.1) is 11.6 Å². The van der Waals surface area contributed by atoms with Crippen molar-refractivity contribution in [1.29, 1.82) is 0 Å². The zero-order valence-electron chi connectivity index (χ0n) is 8.65. The maximum atomic E-state index is 13.9. The van der Waals surface area contributed by atoms with Gasteiger partial charge in [-0.25, -0.2) is 9.37 Å². The number of allylic oxidation sites excluding steroid dienone is 1. The van der Waals surface area contributed by atoms with Gasteiger partial charge in [-0.3, -0.25) is 0 Å². The molecule has 0 N–H and O–H groups in total. The minimum atomic E-state index is -1.56. The first-order chi connectivity index (χ1) is 6.86. The number of hydrogen-bond acceptors (Lipinski definition) is 1. The summed E-state index contributed by atoms with van der Waals surface area (Å²) >= 11 is 11.4. The first-order valence-corrected chi connectivity index (χ1v) is 5.37. The molecular weight excluding hydrogens is 236 g/mol. The lowest BCUT2D eigenvalue weighted by molar-refractivity contribution is 0.214. The van der Waals surface area contributed by atoms with Crippen molar-refractivity contribution in [2.45, 2.75) is 19.5 Å². The largest absolute Gasteiger partial charge is 0.238 e. The van der Waals surface area contributed by atoms with Gasteiger partial charge in [0.15, 0.2) is 0 Å². The normalized spacial score (nSPS) is 11.5. The van der Waals surface area contributed by atoms with Crippen LogP contribution >= 0.6 is 23.2 Å². The summed E-state index contributed by atoms with van der Waals surface area (Å²) in [7, 11) is 0. The van der Waals surface area contributed by atoms with Crippen LogP contribution in [-0.2, 0) is 5.67 Å². The molecule has 1 aromatic heterocycles. The Kier molecular flexibility index (Phi) is 3.74. The zero-order chi connectivity index (χ0) is 11.6. The second kappa shape index (κ2) is 4.50. The molecule has 0 unspecified atom stereocenters. The van der Waals surface area contributed by atoms with Crippen LogP contribution in [0.3, 0.4) is 0 Å². The topological polar surface area (TPSA) is 12.9 Å². The van der Waals surface area contributed by atoms with Crippen LogP contribution in [0.1, 0.15) is 25.1 Å². The molecule has 0 aliphatic heterocycles. The molecule has 0 aromatic carbocycles. The Morgan fingerprint density at radius 1 is 1.53 bits per heavy atom. The Labute approximate surface area is 98.9 Å². The van der Waals surface area contributed by atoms with Gasteiger partial charge in [0.05, 0.1) is 5.69 Å². The highest BCUT2D eigenvalue weighted by Gasteiger charge is 2.25. The molecule has 0 aliphatic carbocycles. The summed E-state index contributed by atoms with van der Waals surface area (Å²) in [4.78, 5) is 3.98. The van der Waals surface area contributed by atoms with Gasteiger partial charge in [-0.2, -0.15) is 0 Å². The number of alkyl halides is 2. The molecule has 1 heterocycles. The SMILES string of the molecule is C=C(CCl)c1ccc(Cl)nc1C(C)(C)F. The monoisotopic (exact) mass is 247 g/mol. The van der Waals surface area contributed by atoms with Crippen molar-refractivity contribution < 1.29 is 4.39 Å². The lowest BCUT2D eigenvalue weighted by Crippen LogP contribution is -2.15. The third kappa shape index (κ3) is 2.93. The van der Waals surface area contributed by atoms with E-state index in [0.717, 1.165) is 0 Å². The first kappa shape index (κ1) is 12.5. The molecule has 15 heavy (non-hydrogen) atoms. The number of rotatable bonds is 3. The average molecular weight is 248 g/mol. The van der Waals surface area contributed by atoms with E-state index in [1.807, 2.05) is 0 Å². The molecule has 4 heteroatoms. The Balaban J connectivity index is 3.33. The molecular formula is C11H12Cl2FN. The Hall–Kier alpha value is -0.600. The van der Waals surface area contributed by atoms with Crippen LogP contribution < -0.4 is 0 Å². The molecule has 0 aliphatic rings. The van der Waals surface area contributed by atoms with Gasteiger partial charge in [-0.1, -0.05) is 18.2 Å². The minimum absolute atomic E-state index is 0.242. The molecule has 0 radical (unpaired) electrons. The summed E-state index contributed by atoms with van der Waals surface area (Å²) in [5, 5.41) is 0.266. The predicted octanol–water partition coefficient (Wildman–Crippen LogP) is 4.19. The van der Waals surface area contributed by atoms with Crippen molar-refractivity contribution in [1.82, 2.24) is 4.98 Å². The molecule has 0 saturated carbocycles. The van der Waals surface area contributed by atoms with Crippen molar-refractivity contribution in [3.05, 3.63) is 35.1 Å². The maximum Gasteiger partial charge on any atom is 0.147 e. The highest BCUT2D eigenvalue weighted by molar-refractivity contribution is 6.29. The molecule has 0 saturated heterocycles. The maximum absolute atomic E-state index is 13.9. The number of halogens is 3. The number of hydrogen-bond donors (Lipinski definition) is 0. The lowest BCUT2D eigenvalue weighted by atomic mass is 9.97. The van der Waals surface area contributed by atoms with Crippen LogP contribution in [0.15, 0.2) is 18.7 Å². The van der Waals surface area contributed by atoms with E-state index in [1.165, 1.54) is 13.8 Å². The predicted molar refractivity (Wildman–Crippen MR) is 63.1 cm³/mol. The van der Waals surface area contributed by atoms with Gasteiger partial charge in [0.25, 0.3) is 0 Å². The highest BCUT2D eigenvalue weighted by atomic mass is 35.5. The summed E-state index contributed by atoms with van der Waals surface area (Å²) in [5.41, 5.74) is -0.0148. The van der Waals surface area contributed by atoms with E-state index < -0.39 is 5.67 Å². The molecule has 1 rings (SSSR count). The molecule has 82 valence electrons. The minimum Gasteiger partial charge on any atom is -0.238 e. The van der Waals surface area contributed by atoms with E-state index in [2.05, 4.69) is 11.6 Å². The molecule has 0 bridgehead atoms. The average Bonchev–Trinajstić information content (AvgIpc) is 2.15. The van der Waals surface area contributed by atoms with Crippen LogP contribution in [0.5, 0.6) is 0 Å². The van der Waals surface area contributed by atoms with Crippen LogP contribution in [0.25, 0.3) is 5.57 Å². The molecule has 0 amide bonds. The molecule has 0 spiro atoms. The number of pyridine rings is 1. The van der Waals surface area contributed by atoms with Crippen LogP contribution in [0.4, 0.5) is 4.39 Å². The highest BCUT2D eigenvalue weighted by Crippen LogP contribution is 2.31. The van der Waals surface area contributed by atoms with Crippen LogP contribution in [-0.4, -0.2) is 10.9 Å². The first-order valence-electron chi connectivity index (χ1n) is 4.46. The molecule has 0 atom stereocenters. The quantitative estimate of drug-likeness (QED) is 0.577. The summed E-state index contributed by atoms with van der Waals surface area (Å²) in [5.74, 6) is 0.242. The second-order valence-corrected chi connectivity index (χ2v) is 4.39. The summed E-state index contributed by atoms with van der Waals surface area (Å²) in [6, 6.07) is 3.29. The second-order valence-electron chi connectivity index (χ2n) is 3.74. The van der Waals surface area contributed by atoms with Gasteiger partial charge in [0, 0.05) is 11.4 Å². The smallest absolute Gasteiger partial charge is 0.147 e. The molecule has 0 fully saturated rings. The third-order valence-electron chi connectivity index (χ3n) is 1.97. The van der Waals surface area contributed by atoms with Crippen molar-refractivity contribution in [3.63, 3.8) is 0 Å². The zero-order valence-corrected chi connectivity index (χ0v) is 10.2. The van der Waals surface area contributed by atoms with E-state index in [0.29, 0.717) is 11.1 Å². The van der Waals surface area contributed by atoms with Crippen LogP contribution in [0.2, 0.25) is 5.15 Å². The fourth-order valence-corrected chi connectivity index (χ4v) is 1.54. The van der Waals surface area contributed by atoms with Crippen molar-refractivity contribution in [2.24, 2.45) is 0 Å².